The largest absolute Gasteiger partial charge is 0.497 e. The average Bonchev–Trinajstić information content (AvgIpc) is 2.48. The van der Waals surface area contributed by atoms with E-state index in [2.05, 4.69) is 19.1 Å². The summed E-state index contributed by atoms with van der Waals surface area (Å²) in [6.45, 7) is 2.07. The summed E-state index contributed by atoms with van der Waals surface area (Å²) in [6, 6.07) is 16.2. The lowest BCUT2D eigenvalue weighted by Gasteiger charge is -2.06. The van der Waals surface area contributed by atoms with Crippen LogP contribution in [0.1, 0.15) is 18.1 Å². The first kappa shape index (κ1) is 13.5. The van der Waals surface area contributed by atoms with E-state index in [4.69, 9.17) is 10.00 Å². The summed E-state index contributed by atoms with van der Waals surface area (Å²) in [5.74, 6) is 0.860. The van der Waals surface area contributed by atoms with E-state index in [0.29, 0.717) is 0 Å². The van der Waals surface area contributed by atoms with Gasteiger partial charge < -0.3 is 4.74 Å². The van der Waals surface area contributed by atoms with Gasteiger partial charge in [0.1, 0.15) is 5.75 Å². The van der Waals surface area contributed by atoms with Crippen molar-refractivity contribution in [3.8, 4) is 11.8 Å². The van der Waals surface area contributed by atoms with Gasteiger partial charge in [0.25, 0.3) is 0 Å². The van der Waals surface area contributed by atoms with Gasteiger partial charge in [0.2, 0.25) is 0 Å². The van der Waals surface area contributed by atoms with Crippen molar-refractivity contribution < 1.29 is 4.74 Å². The molecule has 0 saturated carbocycles. The quantitative estimate of drug-likeness (QED) is 0.830. The summed E-state index contributed by atoms with van der Waals surface area (Å²) in [7, 11) is 1.66. The van der Waals surface area contributed by atoms with Crippen LogP contribution in [0.15, 0.2) is 52.3 Å². The van der Waals surface area contributed by atoms with Crippen LogP contribution >= 0.6 is 11.8 Å². The van der Waals surface area contributed by atoms with E-state index in [0.717, 1.165) is 33.1 Å². The molecule has 0 atom stereocenters. The monoisotopic (exact) mass is 269 g/mol. The Hall–Kier alpha value is -1.92. The number of aryl methyl sites for hydroxylation is 1. The highest BCUT2D eigenvalue weighted by atomic mass is 32.2. The molecular weight excluding hydrogens is 254 g/mol. The van der Waals surface area contributed by atoms with E-state index in [9.17, 15) is 0 Å². The van der Waals surface area contributed by atoms with Crippen LogP contribution < -0.4 is 4.74 Å². The molecule has 0 bridgehead atoms. The molecule has 0 heterocycles. The minimum Gasteiger partial charge on any atom is -0.497 e. The highest BCUT2D eigenvalue weighted by molar-refractivity contribution is 7.99. The van der Waals surface area contributed by atoms with E-state index >= 15 is 0 Å². The first-order valence-electron chi connectivity index (χ1n) is 6.11. The fourth-order valence-electron chi connectivity index (χ4n) is 1.82. The second-order valence-corrected chi connectivity index (χ2v) is 5.21. The molecule has 2 nitrogen and oxygen atoms in total. The zero-order valence-corrected chi connectivity index (χ0v) is 11.8. The summed E-state index contributed by atoms with van der Waals surface area (Å²) in [6.07, 6.45) is 0.875. The van der Waals surface area contributed by atoms with Crippen molar-refractivity contribution in [1.82, 2.24) is 0 Å². The standard InChI is InChI=1S/C16H15NOS/c1-3-12-10-16(7-4-13(12)11-17)19-15-8-5-14(18-2)6-9-15/h4-10H,3H2,1-2H3. The van der Waals surface area contributed by atoms with Crippen molar-refractivity contribution in [2.45, 2.75) is 23.1 Å². The minimum atomic E-state index is 0.765. The Labute approximate surface area is 118 Å². The van der Waals surface area contributed by atoms with Gasteiger partial charge in [-0.05, 0) is 54.4 Å². The smallest absolute Gasteiger partial charge is 0.118 e. The van der Waals surface area contributed by atoms with E-state index in [1.165, 1.54) is 0 Å². The second kappa shape index (κ2) is 6.31. The summed E-state index contributed by atoms with van der Waals surface area (Å²) >= 11 is 1.69. The fraction of sp³-hybridized carbons (Fsp3) is 0.188. The number of benzene rings is 2. The van der Waals surface area contributed by atoms with E-state index in [-0.39, 0.29) is 0 Å². The predicted molar refractivity (Wildman–Crippen MR) is 77.7 cm³/mol. The molecular formula is C16H15NOS. The second-order valence-electron chi connectivity index (χ2n) is 4.06. The number of nitriles is 1. The number of rotatable bonds is 4. The minimum absolute atomic E-state index is 0.765. The lowest BCUT2D eigenvalue weighted by molar-refractivity contribution is 0.414. The Kier molecular flexibility index (Phi) is 4.48. The van der Waals surface area contributed by atoms with Crippen molar-refractivity contribution in [2.24, 2.45) is 0 Å². The number of hydrogen-bond donors (Lipinski definition) is 0. The third-order valence-electron chi connectivity index (χ3n) is 2.87. The summed E-state index contributed by atoms with van der Waals surface area (Å²) in [4.78, 5) is 2.31. The third-order valence-corrected chi connectivity index (χ3v) is 3.87. The lowest BCUT2D eigenvalue weighted by Crippen LogP contribution is -1.88. The van der Waals surface area contributed by atoms with Crippen LogP contribution in [0.3, 0.4) is 0 Å². The Morgan fingerprint density at radius 2 is 1.79 bits per heavy atom. The number of ether oxygens (including phenoxy) is 1. The number of hydrogen-bond acceptors (Lipinski definition) is 3. The Balaban J connectivity index is 2.21. The van der Waals surface area contributed by atoms with Gasteiger partial charge in [-0.15, -0.1) is 0 Å². The van der Waals surface area contributed by atoms with Gasteiger partial charge in [0, 0.05) is 9.79 Å². The molecule has 0 amide bonds. The van der Waals surface area contributed by atoms with Gasteiger partial charge in [-0.1, -0.05) is 18.7 Å². The maximum absolute atomic E-state index is 9.02. The molecule has 0 N–H and O–H groups in total. The summed E-state index contributed by atoms with van der Waals surface area (Å²) < 4.78 is 5.14. The molecule has 96 valence electrons. The van der Waals surface area contributed by atoms with Crippen molar-refractivity contribution in [1.29, 1.82) is 5.26 Å². The molecule has 0 aliphatic carbocycles. The molecule has 0 spiro atoms. The third kappa shape index (κ3) is 3.30. The topological polar surface area (TPSA) is 33.0 Å². The molecule has 0 fully saturated rings. The van der Waals surface area contributed by atoms with Crippen LogP contribution in [0.2, 0.25) is 0 Å². The highest BCUT2D eigenvalue weighted by Gasteiger charge is 2.03. The van der Waals surface area contributed by atoms with Crippen LogP contribution in [0.4, 0.5) is 0 Å². The fourth-order valence-corrected chi connectivity index (χ4v) is 2.70. The first-order valence-corrected chi connectivity index (χ1v) is 6.93. The van der Waals surface area contributed by atoms with Gasteiger partial charge in [0.05, 0.1) is 18.7 Å². The molecule has 0 aliphatic rings. The molecule has 0 aromatic heterocycles. The van der Waals surface area contributed by atoms with Crippen LogP contribution in [0, 0.1) is 11.3 Å². The zero-order valence-electron chi connectivity index (χ0n) is 11.0. The first-order chi connectivity index (χ1) is 9.26. The molecule has 0 aliphatic heterocycles. The molecule has 2 rings (SSSR count). The molecule has 19 heavy (non-hydrogen) atoms. The normalized spacial score (nSPS) is 9.95. The molecule has 0 saturated heterocycles. The Bertz CT molecular complexity index is 599. The summed E-state index contributed by atoms with van der Waals surface area (Å²) in [5, 5.41) is 9.02. The zero-order chi connectivity index (χ0) is 13.7. The van der Waals surface area contributed by atoms with Crippen molar-refractivity contribution in [3.05, 3.63) is 53.6 Å². The van der Waals surface area contributed by atoms with Gasteiger partial charge in [0.15, 0.2) is 0 Å². The maximum Gasteiger partial charge on any atom is 0.118 e. The summed E-state index contributed by atoms with van der Waals surface area (Å²) in [5.41, 5.74) is 1.86. The lowest BCUT2D eigenvalue weighted by atomic mass is 10.1. The molecule has 0 radical (unpaired) electrons. The molecule has 3 heteroatoms. The van der Waals surface area contributed by atoms with Crippen molar-refractivity contribution in [3.63, 3.8) is 0 Å². The predicted octanol–water partition coefficient (Wildman–Crippen LogP) is 4.28. The van der Waals surface area contributed by atoms with E-state index in [1.54, 1.807) is 18.9 Å². The van der Waals surface area contributed by atoms with E-state index in [1.807, 2.05) is 36.4 Å². The van der Waals surface area contributed by atoms with Crippen LogP contribution in [-0.2, 0) is 6.42 Å². The van der Waals surface area contributed by atoms with Gasteiger partial charge >= 0.3 is 0 Å². The SMILES string of the molecule is CCc1cc(Sc2ccc(OC)cc2)ccc1C#N. The molecule has 2 aromatic carbocycles. The van der Waals surface area contributed by atoms with Crippen molar-refractivity contribution >= 4 is 11.8 Å². The van der Waals surface area contributed by atoms with Crippen LogP contribution in [-0.4, -0.2) is 7.11 Å². The van der Waals surface area contributed by atoms with Gasteiger partial charge in [-0.3, -0.25) is 0 Å². The van der Waals surface area contributed by atoms with Crippen LogP contribution in [0.25, 0.3) is 0 Å². The Morgan fingerprint density at radius 3 is 2.37 bits per heavy atom. The molecule has 0 unspecified atom stereocenters. The number of nitrogens with zero attached hydrogens (tertiary/aromatic N) is 1. The van der Waals surface area contributed by atoms with Crippen LogP contribution in [0.5, 0.6) is 5.75 Å². The molecule has 2 aromatic rings. The highest BCUT2D eigenvalue weighted by Crippen LogP contribution is 2.30. The Morgan fingerprint density at radius 1 is 1.11 bits per heavy atom. The number of methoxy groups -OCH3 is 1. The van der Waals surface area contributed by atoms with E-state index < -0.39 is 0 Å². The van der Waals surface area contributed by atoms with Gasteiger partial charge in [-0.25, -0.2) is 0 Å². The van der Waals surface area contributed by atoms with Crippen molar-refractivity contribution in [2.75, 3.05) is 7.11 Å². The average molecular weight is 269 g/mol. The maximum atomic E-state index is 9.02. The van der Waals surface area contributed by atoms with Gasteiger partial charge in [-0.2, -0.15) is 5.26 Å².